The second-order valence-electron chi connectivity index (χ2n) is 4.78. The average Bonchev–Trinajstić information content (AvgIpc) is 2.07. The Balaban J connectivity index is 3.92. The third-order valence-corrected chi connectivity index (χ3v) is 1.93. The maximum atomic E-state index is 11.9. The van der Waals surface area contributed by atoms with E-state index in [-0.39, 0.29) is 24.5 Å². The molecule has 0 aromatic heterocycles. The Morgan fingerprint density at radius 1 is 1.25 bits per heavy atom. The number of nitrogens with one attached hydrogen (secondary N) is 1. The van der Waals surface area contributed by atoms with Gasteiger partial charge in [-0.05, 0) is 20.8 Å². The van der Waals surface area contributed by atoms with Crippen molar-refractivity contribution in [2.75, 3.05) is 20.1 Å². The lowest BCUT2D eigenvalue weighted by molar-refractivity contribution is -0.143. The molecule has 0 radical (unpaired) electrons. The summed E-state index contributed by atoms with van der Waals surface area (Å²) < 4.78 is 35.7. The first-order valence-corrected chi connectivity index (χ1v) is 5.07. The zero-order chi connectivity index (χ0) is 13.0. The van der Waals surface area contributed by atoms with E-state index in [0.717, 1.165) is 4.90 Å². The molecule has 0 aromatic carbocycles. The van der Waals surface area contributed by atoms with Crippen molar-refractivity contribution in [3.8, 4) is 0 Å². The van der Waals surface area contributed by atoms with Gasteiger partial charge in [0.25, 0.3) is 0 Å². The third kappa shape index (κ3) is 8.52. The van der Waals surface area contributed by atoms with Gasteiger partial charge in [0.15, 0.2) is 0 Å². The fraction of sp³-hybridized carbons (Fsp3) is 0.900. The molecule has 0 fully saturated rings. The largest absolute Gasteiger partial charge is 0.390 e. The summed E-state index contributed by atoms with van der Waals surface area (Å²) in [7, 11) is 1.37. The first-order valence-electron chi connectivity index (χ1n) is 5.07. The highest BCUT2D eigenvalue weighted by Crippen LogP contribution is 2.19. The van der Waals surface area contributed by atoms with Gasteiger partial charge in [0.05, 0.1) is 13.0 Å². The number of alkyl halides is 3. The monoisotopic (exact) mass is 240 g/mol. The van der Waals surface area contributed by atoms with Crippen LogP contribution in [0.25, 0.3) is 0 Å². The second kappa shape index (κ2) is 5.52. The minimum atomic E-state index is -4.22. The maximum Gasteiger partial charge on any atom is 0.390 e. The molecule has 6 heteroatoms. The zero-order valence-corrected chi connectivity index (χ0v) is 10.1. The minimum absolute atomic E-state index is 0.0534. The van der Waals surface area contributed by atoms with Crippen molar-refractivity contribution in [1.29, 1.82) is 0 Å². The Morgan fingerprint density at radius 2 is 1.75 bits per heavy atom. The van der Waals surface area contributed by atoms with Crippen molar-refractivity contribution >= 4 is 5.91 Å². The van der Waals surface area contributed by atoms with Crippen LogP contribution in [0.5, 0.6) is 0 Å². The summed E-state index contributed by atoms with van der Waals surface area (Å²) in [5, 5.41) is 2.93. The van der Waals surface area contributed by atoms with E-state index in [1.807, 2.05) is 20.8 Å². The Morgan fingerprint density at radius 3 is 2.12 bits per heavy atom. The fourth-order valence-corrected chi connectivity index (χ4v) is 0.895. The Bertz CT molecular complexity index is 233. The Labute approximate surface area is 94.0 Å². The first kappa shape index (κ1) is 15.2. The molecule has 0 rings (SSSR count). The molecule has 0 bridgehead atoms. The van der Waals surface area contributed by atoms with Gasteiger partial charge < -0.3 is 10.2 Å². The average molecular weight is 240 g/mol. The molecule has 0 saturated heterocycles. The van der Waals surface area contributed by atoms with Gasteiger partial charge >= 0.3 is 6.18 Å². The number of carbonyl (C=O) groups is 1. The lowest BCUT2D eigenvalue weighted by Crippen LogP contribution is -2.44. The van der Waals surface area contributed by atoms with Crippen LogP contribution in [0, 0.1) is 0 Å². The van der Waals surface area contributed by atoms with Crippen molar-refractivity contribution in [1.82, 2.24) is 10.2 Å². The Kier molecular flexibility index (Phi) is 5.25. The minimum Gasteiger partial charge on any atom is -0.344 e. The van der Waals surface area contributed by atoms with E-state index in [0.29, 0.717) is 0 Å². The van der Waals surface area contributed by atoms with Gasteiger partial charge in [-0.15, -0.1) is 0 Å². The first-order chi connectivity index (χ1) is 7.01. The smallest absolute Gasteiger partial charge is 0.344 e. The molecule has 96 valence electrons. The van der Waals surface area contributed by atoms with E-state index >= 15 is 0 Å². The van der Waals surface area contributed by atoms with Crippen LogP contribution in [0.2, 0.25) is 0 Å². The molecular weight excluding hydrogens is 221 g/mol. The number of nitrogens with zero attached hydrogens (tertiary/aromatic N) is 1. The lowest BCUT2D eigenvalue weighted by atomic mass is 10.1. The van der Waals surface area contributed by atoms with Crippen molar-refractivity contribution in [3.63, 3.8) is 0 Å². The number of likely N-dealkylation sites (N-methyl/N-ethyl adjacent to an activating group) is 1. The molecule has 0 unspecified atom stereocenters. The number of hydrogen-bond donors (Lipinski definition) is 1. The highest BCUT2D eigenvalue weighted by atomic mass is 19.4. The van der Waals surface area contributed by atoms with Gasteiger partial charge in [-0.25, -0.2) is 0 Å². The highest BCUT2D eigenvalue weighted by Gasteiger charge is 2.28. The molecule has 0 saturated carbocycles. The summed E-state index contributed by atoms with van der Waals surface area (Å²) in [6.07, 6.45) is -5.18. The van der Waals surface area contributed by atoms with Crippen LogP contribution in [0.15, 0.2) is 0 Å². The molecule has 0 aliphatic heterocycles. The fourth-order valence-electron chi connectivity index (χ4n) is 0.895. The normalized spacial score (nSPS) is 12.7. The summed E-state index contributed by atoms with van der Waals surface area (Å²) in [6, 6.07) is 0. The Hall–Kier alpha value is -0.780. The zero-order valence-electron chi connectivity index (χ0n) is 10.1. The molecule has 0 aliphatic carbocycles. The quantitative estimate of drug-likeness (QED) is 0.812. The van der Waals surface area contributed by atoms with Gasteiger partial charge in [-0.1, -0.05) is 0 Å². The van der Waals surface area contributed by atoms with Gasteiger partial charge in [-0.3, -0.25) is 4.79 Å². The van der Waals surface area contributed by atoms with E-state index in [4.69, 9.17) is 0 Å². The number of rotatable bonds is 4. The predicted octanol–water partition coefficient (Wildman–Crippen LogP) is 1.79. The van der Waals surface area contributed by atoms with Crippen LogP contribution >= 0.6 is 0 Å². The molecule has 3 nitrogen and oxygen atoms in total. The van der Waals surface area contributed by atoms with Crippen molar-refractivity contribution in [2.45, 2.75) is 38.9 Å². The molecule has 0 aromatic rings. The molecule has 0 heterocycles. The molecule has 0 aliphatic rings. The van der Waals surface area contributed by atoms with E-state index in [9.17, 15) is 18.0 Å². The van der Waals surface area contributed by atoms with Crippen molar-refractivity contribution in [2.24, 2.45) is 0 Å². The number of halogens is 3. The molecule has 0 spiro atoms. The molecule has 1 amide bonds. The van der Waals surface area contributed by atoms with E-state index < -0.39 is 12.6 Å². The SMILES string of the molecule is CN(CCC(F)(F)F)C(=O)CNC(C)(C)C. The maximum absolute atomic E-state index is 11.9. The summed E-state index contributed by atoms with van der Waals surface area (Å²) in [5.41, 5.74) is -0.222. The van der Waals surface area contributed by atoms with Crippen LogP contribution in [0.3, 0.4) is 0 Å². The summed E-state index contributed by atoms with van der Waals surface area (Å²) in [4.78, 5) is 12.5. The van der Waals surface area contributed by atoms with Gasteiger partial charge in [0, 0.05) is 19.1 Å². The second-order valence-corrected chi connectivity index (χ2v) is 4.78. The van der Waals surface area contributed by atoms with E-state index in [2.05, 4.69) is 5.32 Å². The number of amides is 1. The third-order valence-electron chi connectivity index (χ3n) is 1.93. The summed E-state index contributed by atoms with van der Waals surface area (Å²) in [5.74, 6) is -0.334. The predicted molar refractivity (Wildman–Crippen MR) is 56.1 cm³/mol. The lowest BCUT2D eigenvalue weighted by Gasteiger charge is -2.23. The molecular formula is C10H19F3N2O. The van der Waals surface area contributed by atoms with Gasteiger partial charge in [0.2, 0.25) is 5.91 Å². The topological polar surface area (TPSA) is 32.3 Å². The standard InChI is InChI=1S/C10H19F3N2O/c1-9(2,3)14-7-8(16)15(4)6-5-10(11,12)13/h14H,5-7H2,1-4H3. The van der Waals surface area contributed by atoms with Crippen LogP contribution in [-0.2, 0) is 4.79 Å². The van der Waals surface area contributed by atoms with Gasteiger partial charge in [-0.2, -0.15) is 13.2 Å². The molecule has 0 atom stereocenters. The highest BCUT2D eigenvalue weighted by molar-refractivity contribution is 5.78. The van der Waals surface area contributed by atoms with Crippen LogP contribution in [0.1, 0.15) is 27.2 Å². The van der Waals surface area contributed by atoms with Crippen LogP contribution in [-0.4, -0.2) is 42.7 Å². The molecule has 1 N–H and O–H groups in total. The molecule has 16 heavy (non-hydrogen) atoms. The van der Waals surface area contributed by atoms with E-state index in [1.165, 1.54) is 7.05 Å². The van der Waals surface area contributed by atoms with Gasteiger partial charge in [0.1, 0.15) is 0 Å². The summed E-state index contributed by atoms with van der Waals surface area (Å²) >= 11 is 0. The van der Waals surface area contributed by atoms with Crippen molar-refractivity contribution in [3.05, 3.63) is 0 Å². The number of carbonyl (C=O) groups excluding carboxylic acids is 1. The number of hydrogen-bond acceptors (Lipinski definition) is 2. The van der Waals surface area contributed by atoms with E-state index in [1.54, 1.807) is 0 Å². The summed E-state index contributed by atoms with van der Waals surface area (Å²) in [6.45, 7) is 5.41. The van der Waals surface area contributed by atoms with Crippen LogP contribution < -0.4 is 5.32 Å². The van der Waals surface area contributed by atoms with Crippen molar-refractivity contribution < 1.29 is 18.0 Å². The van der Waals surface area contributed by atoms with Crippen LogP contribution in [0.4, 0.5) is 13.2 Å².